The predicted octanol–water partition coefficient (Wildman–Crippen LogP) is 3.47. The summed E-state index contributed by atoms with van der Waals surface area (Å²) in [6.07, 6.45) is -2.72. The molecule has 1 saturated heterocycles. The summed E-state index contributed by atoms with van der Waals surface area (Å²) in [7, 11) is 0. The summed E-state index contributed by atoms with van der Waals surface area (Å²) in [6, 6.07) is 4.12. The number of alkyl halides is 3. The number of rotatable bonds is 3. The molecule has 1 aliphatic rings. The van der Waals surface area contributed by atoms with Crippen molar-refractivity contribution in [3.63, 3.8) is 0 Å². The van der Waals surface area contributed by atoms with Crippen molar-refractivity contribution in [2.75, 3.05) is 13.2 Å². The van der Waals surface area contributed by atoms with Crippen LogP contribution in [0.25, 0.3) is 0 Å². The van der Waals surface area contributed by atoms with Crippen LogP contribution in [-0.4, -0.2) is 23.6 Å². The molecule has 0 spiro atoms. The van der Waals surface area contributed by atoms with Crippen LogP contribution in [0.4, 0.5) is 13.2 Å². The van der Waals surface area contributed by atoms with Gasteiger partial charge in [-0.1, -0.05) is 6.07 Å². The van der Waals surface area contributed by atoms with E-state index in [1.807, 2.05) is 0 Å². The van der Waals surface area contributed by atoms with Crippen molar-refractivity contribution in [2.45, 2.75) is 35.8 Å². The normalized spacial score (nSPS) is 17.7. The molecule has 1 aliphatic heterocycles. The molecule has 0 unspecified atom stereocenters. The average molecular weight is 292 g/mol. The Bertz CT molecular complexity index is 428. The van der Waals surface area contributed by atoms with Gasteiger partial charge in [-0.2, -0.15) is 13.2 Å². The number of aliphatic hydroxyl groups is 1. The molecule has 2 rings (SSSR count). The monoisotopic (exact) mass is 292 g/mol. The lowest BCUT2D eigenvalue weighted by Gasteiger charge is -2.22. The lowest BCUT2D eigenvalue weighted by Crippen LogP contribution is -2.17. The second-order valence-electron chi connectivity index (χ2n) is 4.40. The van der Waals surface area contributed by atoms with Crippen molar-refractivity contribution in [3.8, 4) is 0 Å². The zero-order valence-corrected chi connectivity index (χ0v) is 11.1. The molecular weight excluding hydrogens is 277 g/mol. The Morgan fingerprint density at radius 2 is 1.95 bits per heavy atom. The van der Waals surface area contributed by atoms with Gasteiger partial charge >= 0.3 is 6.18 Å². The standard InChI is InChI=1S/C13H15F3O2S/c14-13(15,16)12-7-11(2-1-9(12)8-17)19-10-3-5-18-6-4-10/h1-2,7,10,17H,3-6,8H2. The lowest BCUT2D eigenvalue weighted by atomic mass is 10.1. The molecule has 0 radical (unpaired) electrons. The van der Waals surface area contributed by atoms with Gasteiger partial charge in [0.15, 0.2) is 0 Å². The van der Waals surface area contributed by atoms with Crippen molar-refractivity contribution in [1.82, 2.24) is 0 Å². The molecule has 0 aliphatic carbocycles. The highest BCUT2D eigenvalue weighted by atomic mass is 32.2. The van der Waals surface area contributed by atoms with Crippen LogP contribution in [0.5, 0.6) is 0 Å². The summed E-state index contributed by atoms with van der Waals surface area (Å²) >= 11 is 1.45. The molecule has 1 fully saturated rings. The minimum Gasteiger partial charge on any atom is -0.392 e. The van der Waals surface area contributed by atoms with Gasteiger partial charge in [-0.15, -0.1) is 11.8 Å². The van der Waals surface area contributed by atoms with Crippen LogP contribution >= 0.6 is 11.8 Å². The van der Waals surface area contributed by atoms with Crippen molar-refractivity contribution < 1.29 is 23.0 Å². The number of hydrogen-bond donors (Lipinski definition) is 1. The highest BCUT2D eigenvalue weighted by Crippen LogP contribution is 2.37. The Labute approximate surface area is 114 Å². The summed E-state index contributed by atoms with van der Waals surface area (Å²) in [6.45, 7) is 0.730. The van der Waals surface area contributed by atoms with E-state index in [9.17, 15) is 13.2 Å². The van der Waals surface area contributed by atoms with E-state index in [1.165, 1.54) is 17.8 Å². The SMILES string of the molecule is OCc1ccc(SC2CCOCC2)cc1C(F)(F)F. The van der Waals surface area contributed by atoms with Gasteiger partial charge in [0.05, 0.1) is 12.2 Å². The highest BCUT2D eigenvalue weighted by molar-refractivity contribution is 8.00. The van der Waals surface area contributed by atoms with Crippen molar-refractivity contribution >= 4 is 11.8 Å². The van der Waals surface area contributed by atoms with E-state index >= 15 is 0 Å². The zero-order chi connectivity index (χ0) is 13.9. The number of ether oxygens (including phenoxy) is 1. The Kier molecular flexibility index (Phi) is 4.76. The first kappa shape index (κ1) is 14.7. The third-order valence-electron chi connectivity index (χ3n) is 3.03. The van der Waals surface area contributed by atoms with Crippen LogP contribution in [0.3, 0.4) is 0 Å². The smallest absolute Gasteiger partial charge is 0.392 e. The van der Waals surface area contributed by atoms with E-state index in [1.54, 1.807) is 6.07 Å². The van der Waals surface area contributed by atoms with Gasteiger partial charge in [0.2, 0.25) is 0 Å². The maximum absolute atomic E-state index is 12.9. The van der Waals surface area contributed by atoms with E-state index in [-0.39, 0.29) is 5.56 Å². The van der Waals surface area contributed by atoms with Gasteiger partial charge in [0.25, 0.3) is 0 Å². The second-order valence-corrected chi connectivity index (χ2v) is 5.78. The molecule has 0 amide bonds. The molecule has 1 aromatic carbocycles. The molecule has 0 aromatic heterocycles. The number of aliphatic hydroxyl groups excluding tert-OH is 1. The van der Waals surface area contributed by atoms with Crippen molar-refractivity contribution in [2.24, 2.45) is 0 Å². The number of benzene rings is 1. The fourth-order valence-electron chi connectivity index (χ4n) is 2.02. The van der Waals surface area contributed by atoms with Gasteiger partial charge in [-0.25, -0.2) is 0 Å². The lowest BCUT2D eigenvalue weighted by molar-refractivity contribution is -0.138. The minimum absolute atomic E-state index is 0.0798. The van der Waals surface area contributed by atoms with Crippen LogP contribution in [0.2, 0.25) is 0 Å². The van der Waals surface area contributed by atoms with Gasteiger partial charge < -0.3 is 9.84 Å². The number of halogens is 3. The number of hydrogen-bond acceptors (Lipinski definition) is 3. The van der Waals surface area contributed by atoms with E-state index < -0.39 is 18.3 Å². The maximum Gasteiger partial charge on any atom is 0.416 e. The Hall–Kier alpha value is -0.720. The number of thioether (sulfide) groups is 1. The molecule has 0 bridgehead atoms. The van der Waals surface area contributed by atoms with E-state index in [0.29, 0.717) is 23.4 Å². The van der Waals surface area contributed by atoms with Crippen LogP contribution in [0.1, 0.15) is 24.0 Å². The molecule has 1 heterocycles. The molecule has 1 aromatic rings. The summed E-state index contributed by atoms with van der Waals surface area (Å²) in [5.41, 5.74) is -0.823. The Morgan fingerprint density at radius 3 is 2.53 bits per heavy atom. The Morgan fingerprint density at radius 1 is 1.26 bits per heavy atom. The highest BCUT2D eigenvalue weighted by Gasteiger charge is 2.33. The Balaban J connectivity index is 2.17. The van der Waals surface area contributed by atoms with Crippen LogP contribution in [-0.2, 0) is 17.5 Å². The third kappa shape index (κ3) is 3.87. The van der Waals surface area contributed by atoms with Gasteiger partial charge in [0.1, 0.15) is 0 Å². The molecule has 19 heavy (non-hydrogen) atoms. The van der Waals surface area contributed by atoms with Gasteiger partial charge in [-0.05, 0) is 30.5 Å². The molecule has 106 valence electrons. The summed E-state index contributed by atoms with van der Waals surface area (Å²) in [5, 5.41) is 9.27. The molecule has 0 saturated carbocycles. The van der Waals surface area contributed by atoms with Crippen molar-refractivity contribution in [1.29, 1.82) is 0 Å². The van der Waals surface area contributed by atoms with E-state index in [4.69, 9.17) is 9.84 Å². The molecule has 6 heteroatoms. The molecule has 0 atom stereocenters. The maximum atomic E-state index is 12.9. The van der Waals surface area contributed by atoms with E-state index in [2.05, 4.69) is 0 Å². The molecule has 1 N–H and O–H groups in total. The predicted molar refractivity (Wildman–Crippen MR) is 67.1 cm³/mol. The van der Waals surface area contributed by atoms with Crippen LogP contribution < -0.4 is 0 Å². The van der Waals surface area contributed by atoms with Crippen LogP contribution in [0, 0.1) is 0 Å². The van der Waals surface area contributed by atoms with Crippen LogP contribution in [0.15, 0.2) is 23.1 Å². The average Bonchev–Trinajstić information content (AvgIpc) is 2.39. The molecule has 2 nitrogen and oxygen atoms in total. The first-order valence-electron chi connectivity index (χ1n) is 6.06. The van der Waals surface area contributed by atoms with Crippen molar-refractivity contribution in [3.05, 3.63) is 29.3 Å². The summed E-state index contributed by atoms with van der Waals surface area (Å²) in [5.74, 6) is 0. The first-order chi connectivity index (χ1) is 9.00. The molecular formula is C13H15F3O2S. The summed E-state index contributed by atoms with van der Waals surface area (Å²) < 4.78 is 43.8. The zero-order valence-electron chi connectivity index (χ0n) is 10.2. The van der Waals surface area contributed by atoms with E-state index in [0.717, 1.165) is 18.9 Å². The second kappa shape index (κ2) is 6.15. The fourth-order valence-corrected chi connectivity index (χ4v) is 3.16. The topological polar surface area (TPSA) is 29.5 Å². The largest absolute Gasteiger partial charge is 0.416 e. The fraction of sp³-hybridized carbons (Fsp3) is 0.538. The van der Waals surface area contributed by atoms with Gasteiger partial charge in [0, 0.05) is 23.4 Å². The first-order valence-corrected chi connectivity index (χ1v) is 6.94. The quantitative estimate of drug-likeness (QED) is 0.925. The van der Waals surface area contributed by atoms with Gasteiger partial charge in [-0.3, -0.25) is 0 Å². The summed E-state index contributed by atoms with van der Waals surface area (Å²) in [4.78, 5) is 0.594. The third-order valence-corrected chi connectivity index (χ3v) is 4.36. The minimum atomic E-state index is -4.43.